The summed E-state index contributed by atoms with van der Waals surface area (Å²) in [4.78, 5) is 13.2. The van der Waals surface area contributed by atoms with E-state index in [1.165, 1.54) is 5.56 Å². The fourth-order valence-electron chi connectivity index (χ4n) is 1.61. The van der Waals surface area contributed by atoms with E-state index >= 15 is 0 Å². The highest BCUT2D eigenvalue weighted by molar-refractivity contribution is 5.85. The van der Waals surface area contributed by atoms with E-state index < -0.39 is 0 Å². The first kappa shape index (κ1) is 13.2. The topological polar surface area (TPSA) is 44.1 Å². The Bertz CT molecular complexity index is 415. The van der Waals surface area contributed by atoms with Crippen LogP contribution in [-0.4, -0.2) is 19.4 Å². The second-order valence-electron chi connectivity index (χ2n) is 4.48. The summed E-state index contributed by atoms with van der Waals surface area (Å²) < 4.78 is 0. The highest BCUT2D eigenvalue weighted by atomic mass is 16.1. The van der Waals surface area contributed by atoms with Gasteiger partial charge in [-0.25, -0.2) is 0 Å². The second-order valence-corrected chi connectivity index (χ2v) is 4.48. The van der Waals surface area contributed by atoms with Crippen molar-refractivity contribution in [1.82, 2.24) is 0 Å². The van der Waals surface area contributed by atoms with Crippen molar-refractivity contribution in [2.45, 2.75) is 26.2 Å². The fourth-order valence-corrected chi connectivity index (χ4v) is 1.61. The molecule has 1 aromatic carbocycles. The molecular weight excluding hydrogens is 212 g/mol. The molecule has 0 fully saturated rings. The number of hydrogen-bond donors (Lipinski definition) is 0. The molecule has 0 atom stereocenters. The van der Waals surface area contributed by atoms with E-state index in [2.05, 4.69) is 26.0 Å². The van der Waals surface area contributed by atoms with Gasteiger partial charge in [0.1, 0.15) is 0 Å². The zero-order valence-corrected chi connectivity index (χ0v) is 10.6. The van der Waals surface area contributed by atoms with Crippen LogP contribution in [0.2, 0.25) is 0 Å². The summed E-state index contributed by atoms with van der Waals surface area (Å²) in [6.45, 7) is 4.58. The number of anilines is 1. The summed E-state index contributed by atoms with van der Waals surface area (Å²) in [5.41, 5.74) is 2.28. The summed E-state index contributed by atoms with van der Waals surface area (Å²) in [5.74, 6) is 0.456. The molecule has 17 heavy (non-hydrogen) atoms. The normalized spacial score (nSPS) is 10.1. The maximum absolute atomic E-state index is 11.3. The molecule has 0 heterocycles. The number of nitriles is 1. The Hall–Kier alpha value is -1.82. The lowest BCUT2D eigenvalue weighted by atomic mass is 10.0. The van der Waals surface area contributed by atoms with Crippen LogP contribution in [0.5, 0.6) is 0 Å². The molecular formula is C14H18N2O. The Morgan fingerprint density at radius 2 is 1.94 bits per heavy atom. The van der Waals surface area contributed by atoms with Crippen molar-refractivity contribution in [3.8, 4) is 6.07 Å². The fraction of sp³-hybridized carbons (Fsp3) is 0.429. The molecule has 3 heteroatoms. The van der Waals surface area contributed by atoms with Gasteiger partial charge in [-0.3, -0.25) is 4.79 Å². The number of likely N-dealkylation sites (N-methyl/N-ethyl adjacent to an activating group) is 1. The number of carbonyl (C=O) groups is 1. The monoisotopic (exact) mass is 230 g/mol. The van der Waals surface area contributed by atoms with Gasteiger partial charge in [0, 0.05) is 12.7 Å². The minimum Gasteiger partial charge on any atom is -0.367 e. The molecule has 90 valence electrons. The Balaban J connectivity index is 2.67. The van der Waals surface area contributed by atoms with E-state index in [9.17, 15) is 4.79 Å². The molecule has 0 aliphatic heterocycles. The predicted octanol–water partition coefficient (Wildman–Crippen LogP) is 2.73. The van der Waals surface area contributed by atoms with Crippen molar-refractivity contribution in [3.05, 3.63) is 29.8 Å². The SMILES string of the molecule is CC(C)c1ccc(N(C)CC(=O)CC#N)cc1. The van der Waals surface area contributed by atoms with E-state index in [4.69, 9.17) is 5.26 Å². The van der Waals surface area contributed by atoms with Crippen LogP contribution in [0, 0.1) is 11.3 Å². The van der Waals surface area contributed by atoms with Crippen LogP contribution in [0.25, 0.3) is 0 Å². The molecule has 0 aliphatic rings. The lowest BCUT2D eigenvalue weighted by Gasteiger charge is -2.18. The van der Waals surface area contributed by atoms with Crippen molar-refractivity contribution >= 4 is 11.5 Å². The van der Waals surface area contributed by atoms with Crippen LogP contribution in [0.15, 0.2) is 24.3 Å². The number of nitrogens with zero attached hydrogens (tertiary/aromatic N) is 2. The van der Waals surface area contributed by atoms with Gasteiger partial charge in [0.25, 0.3) is 0 Å². The zero-order chi connectivity index (χ0) is 12.8. The number of Topliss-reactive ketones (excluding diaryl/α,β-unsaturated/α-hetero) is 1. The van der Waals surface area contributed by atoms with Gasteiger partial charge < -0.3 is 4.90 Å². The van der Waals surface area contributed by atoms with Gasteiger partial charge in [0.15, 0.2) is 5.78 Å². The third-order valence-electron chi connectivity index (χ3n) is 2.69. The third-order valence-corrected chi connectivity index (χ3v) is 2.69. The van der Waals surface area contributed by atoms with Gasteiger partial charge in [-0.05, 0) is 23.6 Å². The lowest BCUT2D eigenvalue weighted by molar-refractivity contribution is -0.116. The van der Waals surface area contributed by atoms with E-state index in [1.807, 2.05) is 30.1 Å². The highest BCUT2D eigenvalue weighted by Gasteiger charge is 2.07. The molecule has 0 unspecified atom stereocenters. The van der Waals surface area contributed by atoms with Gasteiger partial charge in [0.2, 0.25) is 0 Å². The summed E-state index contributed by atoms with van der Waals surface area (Å²) in [6.07, 6.45) is -0.0194. The molecule has 0 bridgehead atoms. The predicted molar refractivity (Wildman–Crippen MR) is 69.0 cm³/mol. The second kappa shape index (κ2) is 6.05. The number of benzene rings is 1. The van der Waals surface area contributed by atoms with Crippen molar-refractivity contribution in [2.75, 3.05) is 18.5 Å². The van der Waals surface area contributed by atoms with Crippen LogP contribution < -0.4 is 4.90 Å². The average Bonchev–Trinajstić information content (AvgIpc) is 2.29. The van der Waals surface area contributed by atoms with Crippen molar-refractivity contribution < 1.29 is 4.79 Å². The molecule has 1 aromatic rings. The Kier molecular flexibility index (Phi) is 4.71. The third kappa shape index (κ3) is 3.92. The standard InChI is InChI=1S/C14H18N2O/c1-11(2)12-4-6-13(7-5-12)16(3)10-14(17)8-9-15/h4-7,11H,8,10H2,1-3H3. The van der Waals surface area contributed by atoms with Crippen LogP contribution in [-0.2, 0) is 4.79 Å². The Morgan fingerprint density at radius 3 is 2.41 bits per heavy atom. The quantitative estimate of drug-likeness (QED) is 0.781. The molecule has 0 spiro atoms. The smallest absolute Gasteiger partial charge is 0.166 e. The summed E-state index contributed by atoms with van der Waals surface area (Å²) in [5, 5.41) is 8.43. The van der Waals surface area contributed by atoms with Crippen molar-refractivity contribution in [2.24, 2.45) is 0 Å². The molecule has 0 aliphatic carbocycles. The van der Waals surface area contributed by atoms with Crippen molar-refractivity contribution in [1.29, 1.82) is 5.26 Å². The Labute approximate surface area is 103 Å². The van der Waals surface area contributed by atoms with Crippen LogP contribution >= 0.6 is 0 Å². The van der Waals surface area contributed by atoms with Gasteiger partial charge in [-0.2, -0.15) is 5.26 Å². The van der Waals surface area contributed by atoms with Gasteiger partial charge in [-0.1, -0.05) is 26.0 Å². The van der Waals surface area contributed by atoms with Crippen LogP contribution in [0.4, 0.5) is 5.69 Å². The molecule has 0 saturated heterocycles. The molecule has 0 amide bonds. The summed E-state index contributed by atoms with van der Waals surface area (Å²) in [6, 6.07) is 10.0. The van der Waals surface area contributed by atoms with Gasteiger partial charge >= 0.3 is 0 Å². The van der Waals surface area contributed by atoms with Crippen molar-refractivity contribution in [3.63, 3.8) is 0 Å². The minimum atomic E-state index is -0.0528. The number of ketones is 1. The van der Waals surface area contributed by atoms with Crippen LogP contribution in [0.3, 0.4) is 0 Å². The number of hydrogen-bond acceptors (Lipinski definition) is 3. The zero-order valence-electron chi connectivity index (χ0n) is 10.6. The molecule has 0 radical (unpaired) electrons. The average molecular weight is 230 g/mol. The minimum absolute atomic E-state index is 0.0194. The number of rotatable bonds is 5. The van der Waals surface area contributed by atoms with E-state index in [0.29, 0.717) is 5.92 Å². The van der Waals surface area contributed by atoms with E-state index in [0.717, 1.165) is 5.69 Å². The van der Waals surface area contributed by atoms with Gasteiger partial charge in [0.05, 0.1) is 19.0 Å². The van der Waals surface area contributed by atoms with Crippen LogP contribution in [0.1, 0.15) is 31.7 Å². The largest absolute Gasteiger partial charge is 0.367 e. The first-order chi connectivity index (χ1) is 8.04. The molecule has 0 N–H and O–H groups in total. The first-order valence-electron chi connectivity index (χ1n) is 5.74. The molecule has 0 aromatic heterocycles. The number of carbonyl (C=O) groups excluding carboxylic acids is 1. The summed E-state index contributed by atoms with van der Waals surface area (Å²) in [7, 11) is 1.86. The first-order valence-corrected chi connectivity index (χ1v) is 5.74. The van der Waals surface area contributed by atoms with E-state index in [1.54, 1.807) is 0 Å². The highest BCUT2D eigenvalue weighted by Crippen LogP contribution is 2.19. The van der Waals surface area contributed by atoms with E-state index in [-0.39, 0.29) is 18.7 Å². The maximum atomic E-state index is 11.3. The molecule has 3 nitrogen and oxygen atoms in total. The lowest BCUT2D eigenvalue weighted by Crippen LogP contribution is -2.25. The maximum Gasteiger partial charge on any atom is 0.166 e. The summed E-state index contributed by atoms with van der Waals surface area (Å²) >= 11 is 0. The molecule has 0 saturated carbocycles. The Morgan fingerprint density at radius 1 is 1.35 bits per heavy atom. The van der Waals surface area contributed by atoms with Gasteiger partial charge in [-0.15, -0.1) is 0 Å². The molecule has 1 rings (SSSR count).